The van der Waals surface area contributed by atoms with Gasteiger partial charge in [0.25, 0.3) is 0 Å². The summed E-state index contributed by atoms with van der Waals surface area (Å²) >= 11 is 0. The molecule has 1 unspecified atom stereocenters. The first kappa shape index (κ1) is 13.6. The molecular weight excluding hydrogens is 286 g/mol. The van der Waals surface area contributed by atoms with E-state index in [9.17, 15) is 18.4 Å². The molecule has 1 aromatic carbocycles. The zero-order valence-electron chi connectivity index (χ0n) is 11.1. The van der Waals surface area contributed by atoms with Crippen LogP contribution in [0.4, 0.5) is 14.5 Å². The molecule has 0 saturated carbocycles. The van der Waals surface area contributed by atoms with Crippen molar-refractivity contribution in [1.82, 2.24) is 5.32 Å². The molecule has 21 heavy (non-hydrogen) atoms. The Morgan fingerprint density at radius 1 is 1.33 bits per heavy atom. The molecule has 3 rings (SSSR count). The molecule has 1 atom stereocenters. The fourth-order valence-electron chi connectivity index (χ4n) is 2.31. The number of fused-ring (bicyclic) bond motifs is 1. The molecule has 2 aliphatic heterocycles. The third kappa shape index (κ3) is 2.37. The van der Waals surface area contributed by atoms with E-state index in [4.69, 9.17) is 0 Å². The third-order valence-electron chi connectivity index (χ3n) is 3.31. The first-order valence-corrected chi connectivity index (χ1v) is 6.40. The highest BCUT2D eigenvalue weighted by molar-refractivity contribution is 6.06. The van der Waals surface area contributed by atoms with E-state index in [1.165, 1.54) is 23.1 Å². The van der Waals surface area contributed by atoms with E-state index in [1.54, 1.807) is 6.92 Å². The van der Waals surface area contributed by atoms with Crippen LogP contribution in [-0.2, 0) is 9.59 Å². The Kier molecular flexibility index (Phi) is 2.96. The van der Waals surface area contributed by atoms with Crippen LogP contribution in [0.5, 0.6) is 11.5 Å². The molecule has 2 aliphatic rings. The van der Waals surface area contributed by atoms with E-state index in [0.717, 1.165) is 0 Å². The van der Waals surface area contributed by atoms with Gasteiger partial charge in [-0.2, -0.15) is 0 Å². The average Bonchev–Trinajstić information content (AvgIpc) is 2.73. The normalized spacial score (nSPS) is 23.2. The van der Waals surface area contributed by atoms with Crippen molar-refractivity contribution in [3.05, 3.63) is 18.2 Å². The minimum absolute atomic E-state index is 0.107. The van der Waals surface area contributed by atoms with E-state index in [0.29, 0.717) is 12.1 Å². The van der Waals surface area contributed by atoms with Gasteiger partial charge in [0.2, 0.25) is 11.8 Å². The van der Waals surface area contributed by atoms with Crippen molar-refractivity contribution in [2.75, 3.05) is 11.4 Å². The van der Waals surface area contributed by atoms with E-state index >= 15 is 0 Å². The Morgan fingerprint density at radius 3 is 2.76 bits per heavy atom. The lowest BCUT2D eigenvalue weighted by atomic mass is 10.1. The SMILES string of the molecule is CCC1NC(=O)CN(c2ccc3c(c2)OC(F)(F)O3)C1=O. The lowest BCUT2D eigenvalue weighted by Gasteiger charge is -2.32. The van der Waals surface area contributed by atoms with Crippen LogP contribution in [0.15, 0.2) is 18.2 Å². The molecular formula is C13H12F2N2O4. The Morgan fingerprint density at radius 2 is 2.05 bits per heavy atom. The molecule has 1 aromatic rings. The van der Waals surface area contributed by atoms with Crippen molar-refractivity contribution in [2.24, 2.45) is 0 Å². The highest BCUT2D eigenvalue weighted by Crippen LogP contribution is 2.43. The summed E-state index contributed by atoms with van der Waals surface area (Å²) in [6.07, 6.45) is -3.26. The maximum Gasteiger partial charge on any atom is 0.586 e. The summed E-state index contributed by atoms with van der Waals surface area (Å²) < 4.78 is 34.6. The minimum atomic E-state index is -3.71. The number of hydrogen-bond acceptors (Lipinski definition) is 4. The number of ether oxygens (including phenoxy) is 2. The molecule has 112 valence electrons. The van der Waals surface area contributed by atoms with Crippen LogP contribution in [0.3, 0.4) is 0 Å². The topological polar surface area (TPSA) is 67.9 Å². The largest absolute Gasteiger partial charge is 0.586 e. The van der Waals surface area contributed by atoms with Crippen LogP contribution in [0, 0.1) is 0 Å². The number of nitrogens with one attached hydrogen (secondary N) is 1. The number of nitrogens with zero attached hydrogens (tertiary/aromatic N) is 1. The fraction of sp³-hybridized carbons (Fsp3) is 0.385. The molecule has 2 amide bonds. The average molecular weight is 298 g/mol. The van der Waals surface area contributed by atoms with E-state index in [2.05, 4.69) is 14.8 Å². The molecule has 1 saturated heterocycles. The Bertz CT molecular complexity index is 620. The van der Waals surface area contributed by atoms with Crippen molar-refractivity contribution in [3.8, 4) is 11.5 Å². The summed E-state index contributed by atoms with van der Waals surface area (Å²) in [6, 6.07) is 3.37. The van der Waals surface area contributed by atoms with Gasteiger partial charge in [-0.25, -0.2) is 0 Å². The quantitative estimate of drug-likeness (QED) is 0.892. The fourth-order valence-corrected chi connectivity index (χ4v) is 2.31. The second-order valence-corrected chi connectivity index (χ2v) is 4.75. The van der Waals surface area contributed by atoms with Gasteiger partial charge >= 0.3 is 6.29 Å². The maximum atomic E-state index is 13.0. The second-order valence-electron chi connectivity index (χ2n) is 4.75. The van der Waals surface area contributed by atoms with Gasteiger partial charge in [-0.1, -0.05) is 6.92 Å². The van der Waals surface area contributed by atoms with Crippen LogP contribution in [0.25, 0.3) is 0 Å². The van der Waals surface area contributed by atoms with Crippen LogP contribution >= 0.6 is 0 Å². The highest BCUT2D eigenvalue weighted by atomic mass is 19.3. The van der Waals surface area contributed by atoms with Crippen molar-refractivity contribution in [2.45, 2.75) is 25.7 Å². The summed E-state index contributed by atoms with van der Waals surface area (Å²) in [7, 11) is 0. The van der Waals surface area contributed by atoms with Crippen LogP contribution in [-0.4, -0.2) is 30.7 Å². The number of hydrogen-bond donors (Lipinski definition) is 1. The number of anilines is 1. The summed E-state index contributed by atoms with van der Waals surface area (Å²) in [5, 5.41) is 2.57. The number of amides is 2. The molecule has 0 aliphatic carbocycles. The van der Waals surface area contributed by atoms with Crippen molar-refractivity contribution in [3.63, 3.8) is 0 Å². The van der Waals surface area contributed by atoms with Crippen LogP contribution < -0.4 is 19.7 Å². The van der Waals surface area contributed by atoms with Gasteiger partial charge in [-0.15, -0.1) is 8.78 Å². The van der Waals surface area contributed by atoms with Crippen molar-refractivity contribution in [1.29, 1.82) is 0 Å². The zero-order chi connectivity index (χ0) is 15.2. The number of rotatable bonds is 2. The molecule has 0 bridgehead atoms. The molecule has 1 N–H and O–H groups in total. The lowest BCUT2D eigenvalue weighted by Crippen LogP contribution is -2.58. The predicted molar refractivity (Wildman–Crippen MR) is 67.2 cm³/mol. The van der Waals surface area contributed by atoms with Crippen molar-refractivity contribution >= 4 is 17.5 Å². The molecule has 8 heteroatoms. The summed E-state index contributed by atoms with van der Waals surface area (Å²) in [5.74, 6) is -0.860. The lowest BCUT2D eigenvalue weighted by molar-refractivity contribution is -0.286. The smallest absolute Gasteiger partial charge is 0.395 e. The Labute approximate surface area is 118 Å². The van der Waals surface area contributed by atoms with E-state index in [1.807, 2.05) is 0 Å². The minimum Gasteiger partial charge on any atom is -0.395 e. The number of piperazine rings is 1. The number of halogens is 2. The summed E-state index contributed by atoms with van der Waals surface area (Å²) in [6.45, 7) is 1.61. The Hall–Kier alpha value is -2.38. The maximum absolute atomic E-state index is 13.0. The van der Waals surface area contributed by atoms with Gasteiger partial charge in [0.15, 0.2) is 11.5 Å². The summed E-state index contributed by atoms with van der Waals surface area (Å²) in [4.78, 5) is 25.1. The Balaban J connectivity index is 1.91. The molecule has 0 radical (unpaired) electrons. The molecule has 2 heterocycles. The number of benzene rings is 1. The second kappa shape index (κ2) is 4.57. The van der Waals surface area contributed by atoms with E-state index in [-0.39, 0.29) is 29.9 Å². The number of carbonyl (C=O) groups excluding carboxylic acids is 2. The van der Waals surface area contributed by atoms with Gasteiger partial charge in [-0.3, -0.25) is 9.59 Å². The molecule has 0 aromatic heterocycles. The summed E-state index contributed by atoms with van der Waals surface area (Å²) in [5.41, 5.74) is 0.313. The highest BCUT2D eigenvalue weighted by Gasteiger charge is 2.44. The van der Waals surface area contributed by atoms with Gasteiger partial charge in [0.1, 0.15) is 12.6 Å². The van der Waals surface area contributed by atoms with Gasteiger partial charge in [-0.05, 0) is 18.6 Å². The number of alkyl halides is 2. The molecule has 6 nitrogen and oxygen atoms in total. The number of carbonyl (C=O) groups is 2. The first-order chi connectivity index (χ1) is 9.89. The predicted octanol–water partition coefficient (Wildman–Crippen LogP) is 1.25. The van der Waals surface area contributed by atoms with Crippen molar-refractivity contribution < 1.29 is 27.8 Å². The third-order valence-corrected chi connectivity index (χ3v) is 3.31. The van der Waals surface area contributed by atoms with E-state index < -0.39 is 12.3 Å². The van der Waals surface area contributed by atoms with Crippen LogP contribution in [0.2, 0.25) is 0 Å². The zero-order valence-corrected chi connectivity index (χ0v) is 11.1. The van der Waals surface area contributed by atoms with Crippen LogP contribution in [0.1, 0.15) is 13.3 Å². The molecule has 0 spiro atoms. The standard InChI is InChI=1S/C13H12F2N2O4/c1-2-8-12(19)17(6-11(18)16-8)7-3-4-9-10(5-7)21-13(14,15)20-9/h3-5,8H,2,6H2,1H3,(H,16,18). The van der Waals surface area contributed by atoms with Gasteiger partial charge < -0.3 is 19.7 Å². The monoisotopic (exact) mass is 298 g/mol. The molecule has 1 fully saturated rings. The first-order valence-electron chi connectivity index (χ1n) is 6.40. The van der Waals surface area contributed by atoms with Gasteiger partial charge in [0, 0.05) is 11.8 Å². The van der Waals surface area contributed by atoms with Gasteiger partial charge in [0.05, 0.1) is 0 Å².